The van der Waals surface area contributed by atoms with E-state index in [-0.39, 0.29) is 0 Å². The molecule has 0 bridgehead atoms. The Labute approximate surface area is 111 Å². The van der Waals surface area contributed by atoms with E-state index >= 15 is 0 Å². The van der Waals surface area contributed by atoms with Gasteiger partial charge in [-0.15, -0.1) is 0 Å². The molecule has 2 rings (SSSR count). The molecule has 0 saturated carbocycles. The lowest BCUT2D eigenvalue weighted by atomic mass is 9.96. The number of halogens is 1. The van der Waals surface area contributed by atoms with E-state index in [1.54, 1.807) is 0 Å². The Morgan fingerprint density at radius 3 is 2.29 bits per heavy atom. The van der Waals surface area contributed by atoms with Gasteiger partial charge in [-0.2, -0.15) is 0 Å². The largest absolute Gasteiger partial charge is 0.486 e. The van der Waals surface area contributed by atoms with Crippen LogP contribution < -0.4 is 14.8 Å². The average Bonchev–Trinajstić information content (AvgIpc) is 2.30. The molecule has 0 saturated heterocycles. The minimum absolute atomic E-state index is 0.306. The van der Waals surface area contributed by atoms with Gasteiger partial charge in [0.1, 0.15) is 13.2 Å². The number of fused-ring (bicyclic) bond motifs is 1. The molecule has 0 spiro atoms. The van der Waals surface area contributed by atoms with Crippen LogP contribution in [-0.2, 0) is 0 Å². The smallest absolute Gasteiger partial charge is 0.162 e. The number of hydrogen-bond acceptors (Lipinski definition) is 3. The predicted octanol–water partition coefficient (Wildman–Crippen LogP) is 3.14. The first kappa shape index (κ1) is 12.7. The maximum Gasteiger partial charge on any atom is 0.162 e. The van der Waals surface area contributed by atoms with Crippen molar-refractivity contribution < 1.29 is 9.47 Å². The SMILES string of the molecule is CNC(c1cc2c(cc1Br)OCCO2)C(C)C. The highest BCUT2D eigenvalue weighted by atomic mass is 79.9. The predicted molar refractivity (Wildman–Crippen MR) is 71.8 cm³/mol. The maximum atomic E-state index is 5.62. The molecule has 0 fully saturated rings. The van der Waals surface area contributed by atoms with Gasteiger partial charge in [-0.3, -0.25) is 0 Å². The Morgan fingerprint density at radius 1 is 1.18 bits per heavy atom. The molecule has 1 aromatic carbocycles. The monoisotopic (exact) mass is 299 g/mol. The molecule has 0 aliphatic carbocycles. The second-order valence-electron chi connectivity index (χ2n) is 4.53. The zero-order valence-corrected chi connectivity index (χ0v) is 12.0. The van der Waals surface area contributed by atoms with Crippen molar-refractivity contribution in [1.29, 1.82) is 0 Å². The van der Waals surface area contributed by atoms with Gasteiger partial charge in [-0.05, 0) is 30.7 Å². The lowest BCUT2D eigenvalue weighted by Crippen LogP contribution is -2.23. The molecule has 1 aromatic rings. The number of nitrogens with one attached hydrogen (secondary N) is 1. The second kappa shape index (κ2) is 5.27. The van der Waals surface area contributed by atoms with E-state index in [9.17, 15) is 0 Å². The van der Waals surface area contributed by atoms with Crippen LogP contribution in [0, 0.1) is 5.92 Å². The van der Waals surface area contributed by atoms with Crippen molar-refractivity contribution in [2.24, 2.45) is 5.92 Å². The third-order valence-corrected chi connectivity index (χ3v) is 3.66. The Hall–Kier alpha value is -0.740. The number of rotatable bonds is 3. The van der Waals surface area contributed by atoms with E-state index in [2.05, 4.69) is 41.2 Å². The van der Waals surface area contributed by atoms with Crippen molar-refractivity contribution in [3.05, 3.63) is 22.2 Å². The van der Waals surface area contributed by atoms with Gasteiger partial charge < -0.3 is 14.8 Å². The summed E-state index contributed by atoms with van der Waals surface area (Å²) < 4.78 is 12.2. The van der Waals surface area contributed by atoms with Gasteiger partial charge in [0.05, 0.1) is 0 Å². The third-order valence-electron chi connectivity index (χ3n) is 2.97. The lowest BCUT2D eigenvalue weighted by molar-refractivity contribution is 0.171. The van der Waals surface area contributed by atoms with Crippen LogP contribution in [0.5, 0.6) is 11.5 Å². The third kappa shape index (κ3) is 2.58. The molecule has 1 unspecified atom stereocenters. The van der Waals surface area contributed by atoms with Gasteiger partial charge in [-0.25, -0.2) is 0 Å². The first-order valence-corrected chi connectivity index (χ1v) is 6.69. The minimum atomic E-state index is 0.306. The summed E-state index contributed by atoms with van der Waals surface area (Å²) in [7, 11) is 1.98. The van der Waals surface area contributed by atoms with Gasteiger partial charge in [0.2, 0.25) is 0 Å². The van der Waals surface area contributed by atoms with Crippen LogP contribution in [0.1, 0.15) is 25.5 Å². The highest BCUT2D eigenvalue weighted by molar-refractivity contribution is 9.10. The Kier molecular flexibility index (Phi) is 3.94. The molecule has 1 N–H and O–H groups in total. The first-order valence-electron chi connectivity index (χ1n) is 5.89. The van der Waals surface area contributed by atoms with Crippen molar-refractivity contribution in [2.75, 3.05) is 20.3 Å². The van der Waals surface area contributed by atoms with Gasteiger partial charge in [0.25, 0.3) is 0 Å². The van der Waals surface area contributed by atoms with Gasteiger partial charge >= 0.3 is 0 Å². The molecule has 1 aliphatic heterocycles. The van der Waals surface area contributed by atoms with Crippen LogP contribution in [0.2, 0.25) is 0 Å². The molecular weight excluding hydrogens is 282 g/mol. The maximum absolute atomic E-state index is 5.62. The molecule has 3 nitrogen and oxygen atoms in total. The molecule has 1 heterocycles. The molecule has 0 aromatic heterocycles. The summed E-state index contributed by atoms with van der Waals surface area (Å²) in [5.74, 6) is 2.18. The molecule has 0 radical (unpaired) electrons. The van der Waals surface area contributed by atoms with E-state index in [4.69, 9.17) is 9.47 Å². The first-order chi connectivity index (χ1) is 8.13. The fraction of sp³-hybridized carbons (Fsp3) is 0.538. The van der Waals surface area contributed by atoms with Crippen LogP contribution in [0.15, 0.2) is 16.6 Å². The van der Waals surface area contributed by atoms with Gasteiger partial charge in [0.15, 0.2) is 11.5 Å². The minimum Gasteiger partial charge on any atom is -0.486 e. The Bertz CT molecular complexity index is 407. The zero-order chi connectivity index (χ0) is 12.4. The molecule has 0 amide bonds. The fourth-order valence-corrected chi connectivity index (χ4v) is 2.73. The van der Waals surface area contributed by atoms with Crippen LogP contribution in [0.4, 0.5) is 0 Å². The summed E-state index contributed by atoms with van der Waals surface area (Å²) in [6.07, 6.45) is 0. The number of ether oxygens (including phenoxy) is 2. The van der Waals surface area contributed by atoms with Crippen molar-refractivity contribution in [1.82, 2.24) is 5.32 Å². The van der Waals surface area contributed by atoms with Crippen molar-refractivity contribution in [3.8, 4) is 11.5 Å². The van der Waals surface area contributed by atoms with Crippen molar-refractivity contribution in [2.45, 2.75) is 19.9 Å². The Morgan fingerprint density at radius 2 is 1.76 bits per heavy atom. The molecular formula is C13H18BrNO2. The summed E-state index contributed by atoms with van der Waals surface area (Å²) in [6.45, 7) is 5.65. The van der Waals surface area contributed by atoms with E-state index in [0.29, 0.717) is 25.2 Å². The summed E-state index contributed by atoms with van der Waals surface area (Å²) >= 11 is 3.61. The standard InChI is InChI=1S/C13H18BrNO2/c1-8(2)13(15-3)9-6-11-12(7-10(9)14)17-5-4-16-11/h6-8,13,15H,4-5H2,1-3H3. The van der Waals surface area contributed by atoms with Crippen LogP contribution in [0.3, 0.4) is 0 Å². The molecule has 1 atom stereocenters. The molecule has 1 aliphatic rings. The normalized spacial score (nSPS) is 16.1. The zero-order valence-electron chi connectivity index (χ0n) is 10.4. The Balaban J connectivity index is 2.40. The van der Waals surface area contributed by atoms with Crippen LogP contribution in [0.25, 0.3) is 0 Å². The molecule has 17 heavy (non-hydrogen) atoms. The summed E-state index contributed by atoms with van der Waals surface area (Å²) in [4.78, 5) is 0. The van der Waals surface area contributed by atoms with E-state index < -0.39 is 0 Å². The van der Waals surface area contributed by atoms with Crippen LogP contribution in [-0.4, -0.2) is 20.3 Å². The average molecular weight is 300 g/mol. The summed E-state index contributed by atoms with van der Waals surface area (Å²) in [5.41, 5.74) is 1.21. The van der Waals surface area contributed by atoms with E-state index in [1.807, 2.05) is 13.1 Å². The highest BCUT2D eigenvalue weighted by Gasteiger charge is 2.21. The number of hydrogen-bond donors (Lipinski definition) is 1. The molecule has 94 valence electrons. The topological polar surface area (TPSA) is 30.5 Å². The quantitative estimate of drug-likeness (QED) is 0.930. The van der Waals surface area contributed by atoms with E-state index in [1.165, 1.54) is 5.56 Å². The van der Waals surface area contributed by atoms with Crippen molar-refractivity contribution >= 4 is 15.9 Å². The highest BCUT2D eigenvalue weighted by Crippen LogP contribution is 2.39. The fourth-order valence-electron chi connectivity index (χ4n) is 2.17. The number of benzene rings is 1. The van der Waals surface area contributed by atoms with Crippen LogP contribution >= 0.6 is 15.9 Å². The van der Waals surface area contributed by atoms with E-state index in [0.717, 1.165) is 16.0 Å². The summed E-state index contributed by atoms with van der Waals surface area (Å²) in [5, 5.41) is 3.34. The van der Waals surface area contributed by atoms with Gasteiger partial charge in [-0.1, -0.05) is 29.8 Å². The molecule has 4 heteroatoms. The van der Waals surface area contributed by atoms with Crippen molar-refractivity contribution in [3.63, 3.8) is 0 Å². The summed E-state index contributed by atoms with van der Waals surface area (Å²) in [6, 6.07) is 4.37. The second-order valence-corrected chi connectivity index (χ2v) is 5.38. The van der Waals surface area contributed by atoms with Gasteiger partial charge in [0, 0.05) is 10.5 Å². The lowest BCUT2D eigenvalue weighted by Gasteiger charge is -2.25.